The van der Waals surface area contributed by atoms with E-state index in [1.165, 1.54) is 27.8 Å². The van der Waals surface area contributed by atoms with Crippen LogP contribution in [0.4, 0.5) is 0 Å². The third kappa shape index (κ3) is 5.43. The van der Waals surface area contributed by atoms with Gasteiger partial charge in [0.15, 0.2) is 0 Å². The molecule has 5 rings (SSSR count). The molecule has 0 saturated heterocycles. The summed E-state index contributed by atoms with van der Waals surface area (Å²) in [4.78, 5) is 0. The molecule has 0 spiro atoms. The summed E-state index contributed by atoms with van der Waals surface area (Å²) in [6, 6.07) is 24.2. The number of fused-ring (bicyclic) bond motifs is 4. The predicted molar refractivity (Wildman–Crippen MR) is 151 cm³/mol. The van der Waals surface area contributed by atoms with Gasteiger partial charge >= 0.3 is 222 Å². The van der Waals surface area contributed by atoms with Crippen LogP contribution < -0.4 is 24.8 Å². The van der Waals surface area contributed by atoms with E-state index in [1.807, 2.05) is 0 Å². The van der Waals surface area contributed by atoms with Gasteiger partial charge in [-0.3, -0.25) is 0 Å². The van der Waals surface area contributed by atoms with Crippen LogP contribution in [0.1, 0.15) is 89.1 Å². The van der Waals surface area contributed by atoms with Gasteiger partial charge in [-0.2, -0.15) is 0 Å². The molecule has 1 atom stereocenters. The Morgan fingerprint density at radius 3 is 1.59 bits per heavy atom. The Morgan fingerprint density at radius 2 is 1.14 bits per heavy atom. The fourth-order valence-corrected chi connectivity index (χ4v) is 26.5. The minimum atomic E-state index is -2.09. The zero-order chi connectivity index (χ0) is 25.3. The van der Waals surface area contributed by atoms with Crippen LogP contribution in [0.3, 0.4) is 0 Å². The average molecular weight is 627 g/mol. The van der Waals surface area contributed by atoms with Crippen molar-refractivity contribution in [2.75, 3.05) is 0 Å². The van der Waals surface area contributed by atoms with Crippen LogP contribution in [0, 0.1) is 0 Å². The minimum Gasteiger partial charge on any atom is -1.00 e. The first kappa shape index (κ1) is 30.6. The van der Waals surface area contributed by atoms with E-state index >= 15 is 0 Å². The maximum atomic E-state index is 2.63. The van der Waals surface area contributed by atoms with Gasteiger partial charge in [-0.15, -0.1) is 0 Å². The molecular weight excluding hydrogens is 587 g/mol. The van der Waals surface area contributed by atoms with Gasteiger partial charge < -0.3 is 24.8 Å². The second kappa shape index (κ2) is 10.9. The van der Waals surface area contributed by atoms with E-state index in [-0.39, 0.29) is 35.6 Å². The SMILES string of the molecule is CC1=Cc2ccccc2[CH]1[Zr+2]([CH]1c2cc(C(C)(C)C)ccc2-c2ccc(C(C)(C)C)cc21)=[Si](C)C.[Cl-].[Cl-]. The summed E-state index contributed by atoms with van der Waals surface area (Å²) in [6.07, 6.45) is 2.50. The summed E-state index contributed by atoms with van der Waals surface area (Å²) < 4.78 is 1.33. The van der Waals surface area contributed by atoms with Crippen LogP contribution in [-0.2, 0) is 31.2 Å². The molecular formula is C33H40Cl2SiZr. The van der Waals surface area contributed by atoms with Crippen molar-refractivity contribution in [2.45, 2.75) is 79.6 Å². The molecule has 0 N–H and O–H groups in total. The van der Waals surface area contributed by atoms with E-state index in [1.54, 1.807) is 22.3 Å². The van der Waals surface area contributed by atoms with Crippen molar-refractivity contribution < 1.29 is 45.2 Å². The Bertz CT molecular complexity index is 1340. The van der Waals surface area contributed by atoms with Gasteiger partial charge in [0.05, 0.1) is 0 Å². The molecule has 0 fully saturated rings. The average Bonchev–Trinajstić information content (AvgIpc) is 3.27. The van der Waals surface area contributed by atoms with Crippen molar-refractivity contribution in [3.05, 3.63) is 99.6 Å². The molecule has 4 heteroatoms. The van der Waals surface area contributed by atoms with Crippen molar-refractivity contribution in [3.63, 3.8) is 0 Å². The Hall–Kier alpha value is -0.920. The molecule has 194 valence electrons. The normalized spacial score (nSPS) is 15.9. The van der Waals surface area contributed by atoms with E-state index in [2.05, 4.69) is 128 Å². The third-order valence-corrected chi connectivity index (χ3v) is 27.6. The van der Waals surface area contributed by atoms with Crippen molar-refractivity contribution in [2.24, 2.45) is 0 Å². The van der Waals surface area contributed by atoms with Gasteiger partial charge in [-0.05, 0) is 0 Å². The molecule has 0 radical (unpaired) electrons. The van der Waals surface area contributed by atoms with Crippen molar-refractivity contribution in [1.29, 1.82) is 0 Å². The fraction of sp³-hybridized carbons (Fsp3) is 0.394. The number of benzene rings is 3. The van der Waals surface area contributed by atoms with E-state index in [9.17, 15) is 0 Å². The van der Waals surface area contributed by atoms with Crippen molar-refractivity contribution in [3.8, 4) is 11.1 Å². The molecule has 0 bridgehead atoms. The summed E-state index contributed by atoms with van der Waals surface area (Å²) in [7, 11) is 0. The van der Waals surface area contributed by atoms with Gasteiger partial charge in [-0.1, -0.05) is 0 Å². The van der Waals surface area contributed by atoms with Gasteiger partial charge in [0.2, 0.25) is 0 Å². The number of allylic oxidation sites excluding steroid dienone is 1. The van der Waals surface area contributed by atoms with Gasteiger partial charge in [0, 0.05) is 0 Å². The molecule has 2 aliphatic rings. The molecule has 0 nitrogen and oxygen atoms in total. The Kier molecular flexibility index (Phi) is 9.04. The molecule has 2 aliphatic carbocycles. The molecule has 0 heterocycles. The first-order valence-electron chi connectivity index (χ1n) is 13.1. The number of hydrogen-bond acceptors (Lipinski definition) is 0. The zero-order valence-corrected chi connectivity index (χ0v) is 28.7. The first-order chi connectivity index (χ1) is 16.4. The summed E-state index contributed by atoms with van der Waals surface area (Å²) in [5.74, 6) is 0. The van der Waals surface area contributed by atoms with Crippen molar-refractivity contribution >= 4 is 11.5 Å². The van der Waals surface area contributed by atoms with Crippen LogP contribution >= 0.6 is 0 Å². The Balaban J connectivity index is 0.00000190. The summed E-state index contributed by atoms with van der Waals surface area (Å²) >= 11 is -2.09. The standard InChI is InChI=1S/C21H25.C10H9.C2H6Si.2ClH.Zr/c1-20(2,3)16-7-9-18-14(12-16)11-15-13-17(21(4,5)6)8-10-19(15)18;1-8-6-9-4-2-3-5-10(9)7-8;1-3-2;;;/h7-13H,1-6H3;2-7H,1H3;1-2H3;2*1H;/q;;;;;+2/p-2. The smallest absolute Gasteiger partial charge is 1.00 e. The monoisotopic (exact) mass is 624 g/mol. The molecule has 0 amide bonds. The van der Waals surface area contributed by atoms with Crippen LogP contribution in [-0.4, -0.2) is 5.43 Å². The van der Waals surface area contributed by atoms with Gasteiger partial charge in [0.25, 0.3) is 0 Å². The van der Waals surface area contributed by atoms with E-state index in [0.717, 1.165) is 0 Å². The van der Waals surface area contributed by atoms with Crippen LogP contribution in [0.5, 0.6) is 0 Å². The quantitative estimate of drug-likeness (QED) is 0.383. The summed E-state index contributed by atoms with van der Waals surface area (Å²) in [6.45, 7) is 21.8. The van der Waals surface area contributed by atoms with Gasteiger partial charge in [0.1, 0.15) is 0 Å². The molecule has 0 aromatic heterocycles. The Morgan fingerprint density at radius 1 is 0.649 bits per heavy atom. The topological polar surface area (TPSA) is 0 Å². The summed E-state index contributed by atoms with van der Waals surface area (Å²) in [5, 5.41) is 0. The van der Waals surface area contributed by atoms with Crippen LogP contribution in [0.15, 0.2) is 66.2 Å². The Labute approximate surface area is 245 Å². The second-order valence-electron chi connectivity index (χ2n) is 12.9. The van der Waals surface area contributed by atoms with E-state index < -0.39 is 25.8 Å². The summed E-state index contributed by atoms with van der Waals surface area (Å²) in [5.41, 5.74) is 13.9. The number of halogens is 2. The largest absolute Gasteiger partial charge is 1.00 e. The predicted octanol–water partition coefficient (Wildman–Crippen LogP) is 3.39. The molecule has 3 aromatic carbocycles. The molecule has 0 aliphatic heterocycles. The third-order valence-electron chi connectivity index (χ3n) is 8.09. The van der Waals surface area contributed by atoms with Crippen LogP contribution in [0.2, 0.25) is 13.1 Å². The van der Waals surface area contributed by atoms with Crippen molar-refractivity contribution in [1.82, 2.24) is 0 Å². The second-order valence-corrected chi connectivity index (χ2v) is 30.8. The maximum Gasteiger partial charge on any atom is -1.00 e. The minimum absolute atomic E-state index is 0. The maximum absolute atomic E-state index is 2.63. The number of hydrogen-bond donors (Lipinski definition) is 0. The van der Waals surface area contributed by atoms with Gasteiger partial charge in [-0.25, -0.2) is 0 Å². The first-order valence-corrected chi connectivity index (χ1v) is 22.1. The molecule has 3 aromatic rings. The molecule has 1 unspecified atom stereocenters. The van der Waals surface area contributed by atoms with E-state index in [0.29, 0.717) is 7.25 Å². The fourth-order valence-electron chi connectivity index (χ4n) is 6.17. The molecule has 0 saturated carbocycles. The number of rotatable bonds is 2. The van der Waals surface area contributed by atoms with Crippen LogP contribution in [0.25, 0.3) is 17.2 Å². The molecule has 37 heavy (non-hydrogen) atoms. The zero-order valence-electron chi connectivity index (χ0n) is 23.8. The van der Waals surface area contributed by atoms with E-state index in [4.69, 9.17) is 0 Å².